The van der Waals surface area contributed by atoms with Gasteiger partial charge in [-0.25, -0.2) is 8.78 Å². The molecule has 1 saturated carbocycles. The van der Waals surface area contributed by atoms with Crippen LogP contribution in [0.4, 0.5) is 8.78 Å². The molecule has 1 unspecified atom stereocenters. The van der Waals surface area contributed by atoms with Crippen molar-refractivity contribution in [2.75, 3.05) is 0 Å². The Kier molecular flexibility index (Phi) is 8.71. The maximum Gasteiger partial charge on any atom is 0.134 e. The number of aliphatic hydroxyl groups excluding tert-OH is 1. The van der Waals surface area contributed by atoms with Gasteiger partial charge in [-0.15, -0.1) is 0 Å². The Balaban J connectivity index is 2.19. The third kappa shape index (κ3) is 6.04. The van der Waals surface area contributed by atoms with Gasteiger partial charge in [0.15, 0.2) is 0 Å². The number of hydrogen-bond donors (Lipinski definition) is 1. The minimum absolute atomic E-state index is 0.00196. The molecule has 0 aliphatic heterocycles. The zero-order valence-electron chi connectivity index (χ0n) is 20.3. The van der Waals surface area contributed by atoms with E-state index in [4.69, 9.17) is 4.74 Å². The molecular formula is C29H36F2O2. The smallest absolute Gasteiger partial charge is 0.134 e. The number of aliphatic hydroxyl groups is 1. The van der Waals surface area contributed by atoms with E-state index < -0.39 is 5.82 Å². The summed E-state index contributed by atoms with van der Waals surface area (Å²) in [5, 5.41) is 11.2. The first-order valence-corrected chi connectivity index (χ1v) is 12.2. The molecule has 2 aromatic carbocycles. The van der Waals surface area contributed by atoms with E-state index in [1.807, 2.05) is 13.8 Å². The van der Waals surface area contributed by atoms with E-state index in [0.717, 1.165) is 61.7 Å². The molecule has 1 aliphatic carbocycles. The largest absolute Gasteiger partial charge is 0.508 e. The van der Waals surface area contributed by atoms with Crippen LogP contribution >= 0.6 is 0 Å². The highest BCUT2D eigenvalue weighted by Gasteiger charge is 2.24. The number of aryl methyl sites for hydroxylation is 1. The molecule has 178 valence electrons. The number of hydrogen-bond acceptors (Lipinski definition) is 2. The third-order valence-electron chi connectivity index (χ3n) is 6.36. The van der Waals surface area contributed by atoms with Crippen molar-refractivity contribution in [3.05, 3.63) is 81.6 Å². The number of unbranched alkanes of at least 4 members (excludes halogenated alkanes) is 1. The van der Waals surface area contributed by atoms with Crippen LogP contribution in [0.3, 0.4) is 0 Å². The van der Waals surface area contributed by atoms with Crippen LogP contribution in [0.1, 0.15) is 88.8 Å². The van der Waals surface area contributed by atoms with Gasteiger partial charge in [0.1, 0.15) is 23.1 Å². The molecular weight excluding hydrogens is 418 g/mol. The van der Waals surface area contributed by atoms with Crippen LogP contribution in [0.15, 0.2) is 53.3 Å². The number of ether oxygens (including phenoxy) is 1. The topological polar surface area (TPSA) is 29.5 Å². The van der Waals surface area contributed by atoms with Gasteiger partial charge in [0.05, 0.1) is 6.10 Å². The van der Waals surface area contributed by atoms with Gasteiger partial charge < -0.3 is 9.84 Å². The average molecular weight is 455 g/mol. The second-order valence-electron chi connectivity index (χ2n) is 9.08. The molecule has 1 aliphatic rings. The highest BCUT2D eigenvalue weighted by molar-refractivity contribution is 5.86. The summed E-state index contributed by atoms with van der Waals surface area (Å²) in [6.07, 6.45) is 7.12. The Morgan fingerprint density at radius 2 is 1.76 bits per heavy atom. The maximum atomic E-state index is 15.6. The Morgan fingerprint density at radius 3 is 2.33 bits per heavy atom. The zero-order valence-corrected chi connectivity index (χ0v) is 20.3. The van der Waals surface area contributed by atoms with Gasteiger partial charge in [0.2, 0.25) is 0 Å². The predicted molar refractivity (Wildman–Crippen MR) is 132 cm³/mol. The van der Waals surface area contributed by atoms with Gasteiger partial charge in [-0.1, -0.05) is 32.8 Å². The fourth-order valence-electron chi connectivity index (χ4n) is 4.37. The lowest BCUT2D eigenvalue weighted by Crippen LogP contribution is -2.11. The number of benzene rings is 2. The Bertz CT molecular complexity index is 1030. The molecule has 2 aromatic rings. The monoisotopic (exact) mass is 454 g/mol. The maximum absolute atomic E-state index is 15.6. The second-order valence-corrected chi connectivity index (χ2v) is 9.08. The first-order valence-electron chi connectivity index (χ1n) is 12.2. The van der Waals surface area contributed by atoms with Crippen LogP contribution in [0, 0.1) is 18.6 Å². The summed E-state index contributed by atoms with van der Waals surface area (Å²) in [6, 6.07) is 9.49. The summed E-state index contributed by atoms with van der Waals surface area (Å²) in [6.45, 7) is 7.99. The van der Waals surface area contributed by atoms with Gasteiger partial charge in [-0.3, -0.25) is 0 Å². The lowest BCUT2D eigenvalue weighted by atomic mass is 9.83. The van der Waals surface area contributed by atoms with E-state index >= 15 is 4.39 Å². The van der Waals surface area contributed by atoms with Crippen LogP contribution < -0.4 is 4.74 Å². The van der Waals surface area contributed by atoms with Crippen LogP contribution in [0.2, 0.25) is 0 Å². The Morgan fingerprint density at radius 1 is 1.03 bits per heavy atom. The molecule has 0 saturated heterocycles. The van der Waals surface area contributed by atoms with Crippen molar-refractivity contribution >= 4 is 5.57 Å². The quantitative estimate of drug-likeness (QED) is 0.363. The number of rotatable bonds is 10. The lowest BCUT2D eigenvalue weighted by molar-refractivity contribution is 0.209. The molecule has 0 spiro atoms. The molecule has 0 heterocycles. The summed E-state index contributed by atoms with van der Waals surface area (Å²) in [5.74, 6) is 0.0329. The summed E-state index contributed by atoms with van der Waals surface area (Å²) in [7, 11) is 0. The molecule has 1 N–H and O–H groups in total. The number of allylic oxidation sites excluding steroid dienone is 2. The second kappa shape index (κ2) is 11.5. The molecule has 2 nitrogen and oxygen atoms in total. The fourth-order valence-corrected chi connectivity index (χ4v) is 4.37. The Hall–Kier alpha value is -2.62. The van der Waals surface area contributed by atoms with Crippen LogP contribution in [-0.4, -0.2) is 11.2 Å². The average Bonchev–Trinajstić information content (AvgIpc) is 2.71. The normalized spacial score (nSPS) is 15.0. The summed E-state index contributed by atoms with van der Waals surface area (Å²) in [5.41, 5.74) is 4.25. The van der Waals surface area contributed by atoms with Gasteiger partial charge in [0.25, 0.3) is 0 Å². The molecule has 3 rings (SSSR count). The van der Waals surface area contributed by atoms with E-state index in [1.54, 1.807) is 18.2 Å². The first-order chi connectivity index (χ1) is 15.8. The first kappa shape index (κ1) is 25.0. The van der Waals surface area contributed by atoms with Crippen molar-refractivity contribution < 1.29 is 18.6 Å². The summed E-state index contributed by atoms with van der Waals surface area (Å²) < 4.78 is 35.4. The van der Waals surface area contributed by atoms with Gasteiger partial charge in [-0.2, -0.15) is 0 Å². The van der Waals surface area contributed by atoms with Crippen molar-refractivity contribution in [1.29, 1.82) is 0 Å². The highest BCUT2D eigenvalue weighted by Crippen LogP contribution is 2.40. The number of halogens is 2. The van der Waals surface area contributed by atoms with Gasteiger partial charge >= 0.3 is 0 Å². The summed E-state index contributed by atoms with van der Waals surface area (Å²) in [4.78, 5) is 0. The van der Waals surface area contributed by atoms with E-state index in [1.165, 1.54) is 18.2 Å². The van der Waals surface area contributed by atoms with Gasteiger partial charge in [-0.05, 0) is 98.9 Å². The summed E-state index contributed by atoms with van der Waals surface area (Å²) >= 11 is 0. The van der Waals surface area contributed by atoms with E-state index in [2.05, 4.69) is 13.8 Å². The molecule has 33 heavy (non-hydrogen) atoms. The molecule has 0 aromatic heterocycles. The SMILES string of the molecule is CCCC/C(C(O)=C1CCC1)=C(\c1ccc(F)cc1C)c1ccc(OC(C)CCC)cc1F. The molecule has 1 fully saturated rings. The molecule has 0 radical (unpaired) electrons. The van der Waals surface area contributed by atoms with Crippen LogP contribution in [0.25, 0.3) is 5.57 Å². The molecule has 4 heteroatoms. The minimum Gasteiger partial charge on any atom is -0.508 e. The van der Waals surface area contributed by atoms with Crippen molar-refractivity contribution in [3.8, 4) is 5.75 Å². The Labute approximate surface area is 197 Å². The van der Waals surface area contributed by atoms with Gasteiger partial charge in [0, 0.05) is 17.2 Å². The predicted octanol–water partition coefficient (Wildman–Crippen LogP) is 8.83. The van der Waals surface area contributed by atoms with E-state index in [9.17, 15) is 9.50 Å². The van der Waals surface area contributed by atoms with E-state index in [0.29, 0.717) is 28.9 Å². The molecule has 0 bridgehead atoms. The van der Waals surface area contributed by atoms with Crippen molar-refractivity contribution in [1.82, 2.24) is 0 Å². The highest BCUT2D eigenvalue weighted by atomic mass is 19.1. The zero-order chi connectivity index (χ0) is 24.0. The van der Waals surface area contributed by atoms with E-state index in [-0.39, 0.29) is 17.7 Å². The van der Waals surface area contributed by atoms with Crippen molar-refractivity contribution in [3.63, 3.8) is 0 Å². The van der Waals surface area contributed by atoms with Crippen LogP contribution in [0.5, 0.6) is 5.75 Å². The van der Waals surface area contributed by atoms with Crippen LogP contribution in [-0.2, 0) is 0 Å². The minimum atomic E-state index is -0.407. The molecule has 0 amide bonds. The van der Waals surface area contributed by atoms with Crippen molar-refractivity contribution in [2.45, 2.75) is 85.2 Å². The molecule has 1 atom stereocenters. The third-order valence-corrected chi connectivity index (χ3v) is 6.36. The fraction of sp³-hybridized carbons (Fsp3) is 0.448. The lowest BCUT2D eigenvalue weighted by Gasteiger charge is -2.24. The standard InChI is InChI=1S/C29H36F2O2/c1-5-7-12-26(29(32)21-10-8-11-21)28(24-15-13-22(30)17-19(24)3)25-16-14-23(18-27(25)31)33-20(4)9-6-2/h13-18,20,32H,5-12H2,1-4H3/b28-26-. The van der Waals surface area contributed by atoms with Crippen molar-refractivity contribution in [2.24, 2.45) is 0 Å².